The SMILES string of the molecule is Cc1csc(S[C@@H](C)C(=O)Nc2cccc3ccccc23)n1. The summed E-state index contributed by atoms with van der Waals surface area (Å²) in [6.07, 6.45) is 0. The molecule has 3 rings (SSSR count). The highest BCUT2D eigenvalue weighted by Crippen LogP contribution is 2.28. The summed E-state index contributed by atoms with van der Waals surface area (Å²) in [5.74, 6) is -0.00536. The van der Waals surface area contributed by atoms with E-state index in [0.717, 1.165) is 26.5 Å². The van der Waals surface area contributed by atoms with E-state index in [4.69, 9.17) is 0 Å². The Bertz CT molecular complexity index is 808. The van der Waals surface area contributed by atoms with Gasteiger partial charge in [-0.25, -0.2) is 4.98 Å². The minimum absolute atomic E-state index is 0.00536. The number of thiazole rings is 1. The summed E-state index contributed by atoms with van der Waals surface area (Å²) in [6.45, 7) is 3.86. The maximum atomic E-state index is 12.4. The molecule has 0 saturated heterocycles. The van der Waals surface area contributed by atoms with Crippen molar-refractivity contribution in [2.24, 2.45) is 0 Å². The zero-order chi connectivity index (χ0) is 15.5. The van der Waals surface area contributed by atoms with Gasteiger partial charge in [0.05, 0.1) is 5.25 Å². The van der Waals surface area contributed by atoms with Crippen molar-refractivity contribution in [1.82, 2.24) is 4.98 Å². The Kier molecular flexibility index (Phi) is 4.45. The van der Waals surface area contributed by atoms with Crippen molar-refractivity contribution in [2.75, 3.05) is 5.32 Å². The number of carbonyl (C=O) groups excluding carboxylic acids is 1. The number of fused-ring (bicyclic) bond motifs is 1. The van der Waals surface area contributed by atoms with E-state index >= 15 is 0 Å². The molecule has 0 fully saturated rings. The molecule has 0 saturated carbocycles. The molecule has 112 valence electrons. The fraction of sp³-hybridized carbons (Fsp3) is 0.176. The van der Waals surface area contributed by atoms with Crippen LogP contribution in [-0.2, 0) is 4.79 Å². The highest BCUT2D eigenvalue weighted by atomic mass is 32.2. The van der Waals surface area contributed by atoms with Crippen molar-refractivity contribution in [2.45, 2.75) is 23.4 Å². The first-order chi connectivity index (χ1) is 10.6. The summed E-state index contributed by atoms with van der Waals surface area (Å²) in [6, 6.07) is 14.0. The maximum absolute atomic E-state index is 12.4. The highest BCUT2D eigenvalue weighted by Gasteiger charge is 2.17. The summed E-state index contributed by atoms with van der Waals surface area (Å²) in [7, 11) is 0. The Labute approximate surface area is 137 Å². The van der Waals surface area contributed by atoms with E-state index in [0.29, 0.717) is 0 Å². The number of thioether (sulfide) groups is 1. The van der Waals surface area contributed by atoms with Crippen molar-refractivity contribution in [3.8, 4) is 0 Å². The van der Waals surface area contributed by atoms with Gasteiger partial charge in [0.15, 0.2) is 4.34 Å². The predicted octanol–water partition coefficient (Wildman–Crippen LogP) is 4.72. The van der Waals surface area contributed by atoms with Crippen LogP contribution in [0.25, 0.3) is 10.8 Å². The lowest BCUT2D eigenvalue weighted by Crippen LogP contribution is -2.22. The van der Waals surface area contributed by atoms with Gasteiger partial charge in [0.1, 0.15) is 0 Å². The largest absolute Gasteiger partial charge is 0.325 e. The monoisotopic (exact) mass is 328 g/mol. The number of amides is 1. The van der Waals surface area contributed by atoms with Gasteiger partial charge in [-0.05, 0) is 25.3 Å². The fourth-order valence-corrected chi connectivity index (χ4v) is 4.15. The smallest absolute Gasteiger partial charge is 0.237 e. The molecule has 0 spiro atoms. The van der Waals surface area contributed by atoms with Gasteiger partial charge in [-0.3, -0.25) is 4.79 Å². The van der Waals surface area contributed by atoms with Crippen LogP contribution in [0.4, 0.5) is 5.69 Å². The molecule has 0 aliphatic carbocycles. The van der Waals surface area contributed by atoms with Gasteiger partial charge in [0.2, 0.25) is 5.91 Å². The fourth-order valence-electron chi connectivity index (χ4n) is 2.16. The molecule has 1 amide bonds. The summed E-state index contributed by atoms with van der Waals surface area (Å²) >= 11 is 3.07. The number of benzene rings is 2. The Hall–Kier alpha value is -1.85. The third kappa shape index (κ3) is 3.31. The van der Waals surface area contributed by atoms with Crippen LogP contribution in [0.5, 0.6) is 0 Å². The van der Waals surface area contributed by atoms with Crippen LogP contribution >= 0.6 is 23.1 Å². The molecular formula is C17H16N2OS2. The number of hydrogen-bond donors (Lipinski definition) is 1. The summed E-state index contributed by atoms with van der Waals surface area (Å²) in [4.78, 5) is 16.8. The van der Waals surface area contributed by atoms with E-state index in [2.05, 4.69) is 10.3 Å². The van der Waals surface area contributed by atoms with Crippen LogP contribution in [-0.4, -0.2) is 16.1 Å². The van der Waals surface area contributed by atoms with E-state index in [9.17, 15) is 4.79 Å². The topological polar surface area (TPSA) is 42.0 Å². The van der Waals surface area contributed by atoms with Gasteiger partial charge in [0, 0.05) is 22.1 Å². The van der Waals surface area contributed by atoms with Crippen LogP contribution in [0.1, 0.15) is 12.6 Å². The van der Waals surface area contributed by atoms with Crippen molar-refractivity contribution in [1.29, 1.82) is 0 Å². The first kappa shape index (κ1) is 15.1. The predicted molar refractivity (Wildman–Crippen MR) is 94.7 cm³/mol. The molecule has 1 N–H and O–H groups in total. The Morgan fingerprint density at radius 2 is 2.00 bits per heavy atom. The van der Waals surface area contributed by atoms with E-state index in [1.807, 2.05) is 61.7 Å². The van der Waals surface area contributed by atoms with Crippen LogP contribution in [0.2, 0.25) is 0 Å². The molecule has 0 aliphatic heterocycles. The first-order valence-electron chi connectivity index (χ1n) is 7.01. The molecular weight excluding hydrogens is 312 g/mol. The average molecular weight is 328 g/mol. The van der Waals surface area contributed by atoms with Crippen LogP contribution in [0, 0.1) is 6.92 Å². The van der Waals surface area contributed by atoms with Crippen LogP contribution < -0.4 is 5.32 Å². The van der Waals surface area contributed by atoms with E-state index in [-0.39, 0.29) is 11.2 Å². The molecule has 5 heteroatoms. The summed E-state index contributed by atoms with van der Waals surface area (Å²) < 4.78 is 0.929. The maximum Gasteiger partial charge on any atom is 0.237 e. The molecule has 0 bridgehead atoms. The number of rotatable bonds is 4. The second-order valence-corrected chi connectivity index (χ2v) is 7.48. The van der Waals surface area contributed by atoms with Crippen LogP contribution in [0.3, 0.4) is 0 Å². The van der Waals surface area contributed by atoms with Gasteiger partial charge in [-0.2, -0.15) is 0 Å². The molecule has 1 aromatic heterocycles. The second kappa shape index (κ2) is 6.50. The van der Waals surface area contributed by atoms with Crippen molar-refractivity contribution in [3.63, 3.8) is 0 Å². The van der Waals surface area contributed by atoms with E-state index in [1.54, 1.807) is 11.3 Å². The third-order valence-corrected chi connectivity index (χ3v) is 5.48. The zero-order valence-corrected chi connectivity index (χ0v) is 14.0. The number of aromatic nitrogens is 1. The Balaban J connectivity index is 1.75. The number of aryl methyl sites for hydroxylation is 1. The molecule has 22 heavy (non-hydrogen) atoms. The molecule has 2 aromatic carbocycles. The third-order valence-electron chi connectivity index (χ3n) is 3.29. The number of carbonyl (C=O) groups is 1. The average Bonchev–Trinajstić information content (AvgIpc) is 2.92. The minimum atomic E-state index is -0.190. The lowest BCUT2D eigenvalue weighted by Gasteiger charge is -2.12. The number of anilines is 1. The van der Waals surface area contributed by atoms with Gasteiger partial charge in [-0.1, -0.05) is 48.2 Å². The minimum Gasteiger partial charge on any atom is -0.325 e. The number of nitrogens with one attached hydrogen (secondary N) is 1. The lowest BCUT2D eigenvalue weighted by atomic mass is 10.1. The normalized spacial score (nSPS) is 12.3. The molecule has 3 aromatic rings. The van der Waals surface area contributed by atoms with Crippen molar-refractivity contribution < 1.29 is 4.79 Å². The zero-order valence-electron chi connectivity index (χ0n) is 12.4. The first-order valence-corrected chi connectivity index (χ1v) is 8.77. The molecule has 0 unspecified atom stereocenters. The van der Waals surface area contributed by atoms with Gasteiger partial charge in [-0.15, -0.1) is 11.3 Å². The number of hydrogen-bond acceptors (Lipinski definition) is 4. The van der Waals surface area contributed by atoms with E-state index in [1.165, 1.54) is 11.8 Å². The van der Waals surface area contributed by atoms with Crippen molar-refractivity contribution >= 4 is 45.5 Å². The van der Waals surface area contributed by atoms with Gasteiger partial charge >= 0.3 is 0 Å². The van der Waals surface area contributed by atoms with Crippen LogP contribution in [0.15, 0.2) is 52.2 Å². The van der Waals surface area contributed by atoms with Gasteiger partial charge < -0.3 is 5.32 Å². The molecule has 3 nitrogen and oxygen atoms in total. The standard InChI is InChI=1S/C17H16N2OS2/c1-11-10-21-17(18-11)22-12(2)16(20)19-15-9-5-7-13-6-3-4-8-14(13)15/h3-10,12H,1-2H3,(H,19,20)/t12-/m0/s1. The second-order valence-electron chi connectivity index (χ2n) is 5.03. The highest BCUT2D eigenvalue weighted by molar-refractivity contribution is 8.02. The summed E-state index contributed by atoms with van der Waals surface area (Å²) in [5, 5.41) is 7.01. The van der Waals surface area contributed by atoms with Crippen molar-refractivity contribution in [3.05, 3.63) is 53.5 Å². The van der Waals surface area contributed by atoms with Gasteiger partial charge in [0.25, 0.3) is 0 Å². The van der Waals surface area contributed by atoms with E-state index < -0.39 is 0 Å². The Morgan fingerprint density at radius 1 is 1.23 bits per heavy atom. The summed E-state index contributed by atoms with van der Waals surface area (Å²) in [5.41, 5.74) is 1.85. The molecule has 1 heterocycles. The Morgan fingerprint density at radius 3 is 2.77 bits per heavy atom. The number of nitrogens with zero attached hydrogens (tertiary/aromatic N) is 1. The molecule has 0 aliphatic rings. The quantitative estimate of drug-likeness (QED) is 0.704. The lowest BCUT2D eigenvalue weighted by molar-refractivity contribution is -0.115. The molecule has 0 radical (unpaired) electrons. The molecule has 1 atom stereocenters.